The quantitative estimate of drug-likeness (QED) is 0.730. The minimum absolute atomic E-state index is 0.166. The molecule has 1 fully saturated rings. The number of ether oxygens (including phenoxy) is 1. The lowest BCUT2D eigenvalue weighted by molar-refractivity contribution is 0.161. The van der Waals surface area contributed by atoms with Gasteiger partial charge >= 0.3 is 0 Å². The number of imidazole rings is 1. The molecule has 4 rings (SSSR count). The Morgan fingerprint density at radius 2 is 1.92 bits per heavy atom. The van der Waals surface area contributed by atoms with Gasteiger partial charge in [-0.05, 0) is 26.0 Å². The van der Waals surface area contributed by atoms with Crippen molar-refractivity contribution in [3.8, 4) is 5.88 Å². The fraction of sp³-hybridized carbons (Fsp3) is 0.444. The minimum atomic E-state index is 0.166. The molecule has 1 aliphatic heterocycles. The van der Waals surface area contributed by atoms with Gasteiger partial charge in [0, 0.05) is 45.4 Å². The van der Waals surface area contributed by atoms with Crippen LogP contribution in [0.5, 0.6) is 5.88 Å². The van der Waals surface area contributed by atoms with E-state index < -0.39 is 0 Å². The maximum atomic E-state index is 6.10. The lowest BCUT2D eigenvalue weighted by atomic mass is 10.1. The molecule has 1 aliphatic rings. The van der Waals surface area contributed by atoms with Crippen molar-refractivity contribution in [2.24, 2.45) is 7.05 Å². The molecule has 7 heteroatoms. The third-order valence-corrected chi connectivity index (χ3v) is 4.64. The number of hydrogen-bond donors (Lipinski definition) is 0. The molecule has 0 aliphatic carbocycles. The third-order valence-electron chi connectivity index (χ3n) is 4.64. The molecule has 4 heterocycles. The Labute approximate surface area is 146 Å². The van der Waals surface area contributed by atoms with E-state index in [1.165, 1.54) is 0 Å². The van der Waals surface area contributed by atoms with Crippen LogP contribution >= 0.6 is 0 Å². The van der Waals surface area contributed by atoms with Crippen LogP contribution in [-0.2, 0) is 7.05 Å². The van der Waals surface area contributed by atoms with Crippen molar-refractivity contribution in [3.05, 3.63) is 35.9 Å². The van der Waals surface area contributed by atoms with Crippen LogP contribution in [0.3, 0.4) is 0 Å². The fourth-order valence-electron chi connectivity index (χ4n) is 3.25. The lowest BCUT2D eigenvalue weighted by Crippen LogP contribution is -2.39. The Balaban J connectivity index is 1.46. The van der Waals surface area contributed by atoms with Gasteiger partial charge in [-0.2, -0.15) is 0 Å². The van der Waals surface area contributed by atoms with E-state index in [1.807, 2.05) is 33.0 Å². The summed E-state index contributed by atoms with van der Waals surface area (Å²) in [4.78, 5) is 20.2. The normalized spacial score (nSPS) is 15.7. The van der Waals surface area contributed by atoms with Gasteiger partial charge in [0.15, 0.2) is 5.65 Å². The summed E-state index contributed by atoms with van der Waals surface area (Å²) in [5.41, 5.74) is 3.57. The van der Waals surface area contributed by atoms with Crippen LogP contribution in [0.4, 0.5) is 5.95 Å². The third kappa shape index (κ3) is 3.01. The molecule has 0 unspecified atom stereocenters. The highest BCUT2D eigenvalue weighted by Gasteiger charge is 2.25. The average molecular weight is 338 g/mol. The van der Waals surface area contributed by atoms with Crippen molar-refractivity contribution < 1.29 is 4.74 Å². The Bertz CT molecular complexity index is 898. The van der Waals surface area contributed by atoms with Crippen molar-refractivity contribution in [1.29, 1.82) is 0 Å². The predicted octanol–water partition coefficient (Wildman–Crippen LogP) is 2.42. The second-order valence-corrected chi connectivity index (χ2v) is 6.52. The molecule has 0 radical (unpaired) electrons. The second-order valence-electron chi connectivity index (χ2n) is 6.52. The molecule has 3 aromatic rings. The summed E-state index contributed by atoms with van der Waals surface area (Å²) in [7, 11) is 2.02. The van der Waals surface area contributed by atoms with Gasteiger partial charge in [-0.1, -0.05) is 0 Å². The Morgan fingerprint density at radius 1 is 1.12 bits per heavy atom. The van der Waals surface area contributed by atoms with Crippen LogP contribution < -0.4 is 9.64 Å². The van der Waals surface area contributed by atoms with Gasteiger partial charge in [0.05, 0.1) is 11.4 Å². The lowest BCUT2D eigenvalue weighted by Gasteiger charge is -2.32. The van der Waals surface area contributed by atoms with Crippen LogP contribution in [0.1, 0.15) is 24.2 Å². The predicted molar refractivity (Wildman–Crippen MR) is 95.9 cm³/mol. The van der Waals surface area contributed by atoms with E-state index in [-0.39, 0.29) is 6.10 Å². The number of fused-ring (bicyclic) bond motifs is 1. The number of nitrogens with zero attached hydrogens (tertiary/aromatic N) is 6. The summed E-state index contributed by atoms with van der Waals surface area (Å²) < 4.78 is 8.16. The Morgan fingerprint density at radius 3 is 2.68 bits per heavy atom. The smallest absolute Gasteiger partial charge is 0.235 e. The van der Waals surface area contributed by atoms with Crippen molar-refractivity contribution >= 4 is 17.1 Å². The van der Waals surface area contributed by atoms with Crippen molar-refractivity contribution in [3.63, 3.8) is 0 Å². The zero-order chi connectivity index (χ0) is 17.4. The van der Waals surface area contributed by atoms with E-state index in [0.29, 0.717) is 5.88 Å². The first kappa shape index (κ1) is 15.8. The summed E-state index contributed by atoms with van der Waals surface area (Å²) in [5, 5.41) is 0. The number of pyridine rings is 1. The van der Waals surface area contributed by atoms with Crippen molar-refractivity contribution in [2.45, 2.75) is 32.8 Å². The number of piperidine rings is 1. The number of aromatic nitrogens is 5. The summed E-state index contributed by atoms with van der Waals surface area (Å²) >= 11 is 0. The molecular weight excluding hydrogens is 316 g/mol. The van der Waals surface area contributed by atoms with Crippen molar-refractivity contribution in [2.75, 3.05) is 18.0 Å². The van der Waals surface area contributed by atoms with Crippen molar-refractivity contribution in [1.82, 2.24) is 24.5 Å². The Kier molecular flexibility index (Phi) is 3.99. The molecule has 0 spiro atoms. The van der Waals surface area contributed by atoms with Crippen LogP contribution in [-0.4, -0.2) is 43.7 Å². The first-order chi connectivity index (χ1) is 12.1. The van der Waals surface area contributed by atoms with Gasteiger partial charge in [-0.25, -0.2) is 15.0 Å². The molecule has 7 nitrogen and oxygen atoms in total. The zero-order valence-electron chi connectivity index (χ0n) is 14.8. The van der Waals surface area contributed by atoms with E-state index in [2.05, 4.69) is 24.4 Å². The fourth-order valence-corrected chi connectivity index (χ4v) is 3.25. The summed E-state index contributed by atoms with van der Waals surface area (Å²) in [6.07, 6.45) is 5.61. The highest BCUT2D eigenvalue weighted by Crippen LogP contribution is 2.25. The van der Waals surface area contributed by atoms with Gasteiger partial charge in [-0.15, -0.1) is 0 Å². The maximum Gasteiger partial charge on any atom is 0.235 e. The topological polar surface area (TPSA) is 69.0 Å². The highest BCUT2D eigenvalue weighted by molar-refractivity contribution is 5.74. The van der Waals surface area contributed by atoms with E-state index in [0.717, 1.165) is 54.4 Å². The molecule has 25 heavy (non-hydrogen) atoms. The number of rotatable bonds is 3. The second kappa shape index (κ2) is 6.31. The first-order valence-corrected chi connectivity index (χ1v) is 8.61. The van der Waals surface area contributed by atoms with Gasteiger partial charge in [0.1, 0.15) is 11.6 Å². The SMILES string of the molecule is Cc1cnc(C)c(OC2CCN(c3nc4cccnc4n3C)CC2)n1. The Hall–Kier alpha value is -2.70. The first-order valence-electron chi connectivity index (χ1n) is 8.61. The zero-order valence-corrected chi connectivity index (χ0v) is 14.8. The summed E-state index contributed by atoms with van der Waals surface area (Å²) in [6, 6.07) is 3.92. The standard InChI is InChI=1S/C18H22N6O/c1-12-11-20-13(2)17(21-12)25-14-6-9-24(10-7-14)18-22-15-5-4-8-19-16(15)23(18)3/h4-5,8,11,14H,6-7,9-10H2,1-3H3. The highest BCUT2D eigenvalue weighted by atomic mass is 16.5. The molecule has 1 saturated heterocycles. The molecule has 0 atom stereocenters. The molecular formula is C18H22N6O. The molecule has 0 N–H and O–H groups in total. The molecule has 0 saturated carbocycles. The van der Waals surface area contributed by atoms with Gasteiger partial charge in [0.2, 0.25) is 11.8 Å². The van der Waals surface area contributed by atoms with Crippen LogP contribution in [0, 0.1) is 13.8 Å². The minimum Gasteiger partial charge on any atom is -0.473 e. The van der Waals surface area contributed by atoms with Gasteiger partial charge < -0.3 is 9.64 Å². The van der Waals surface area contributed by atoms with E-state index in [1.54, 1.807) is 12.4 Å². The van der Waals surface area contributed by atoms with Gasteiger partial charge in [0.25, 0.3) is 0 Å². The maximum absolute atomic E-state index is 6.10. The average Bonchev–Trinajstić information content (AvgIpc) is 2.96. The summed E-state index contributed by atoms with van der Waals surface area (Å²) in [6.45, 7) is 5.67. The van der Waals surface area contributed by atoms with Crippen LogP contribution in [0.2, 0.25) is 0 Å². The molecule has 0 bridgehead atoms. The molecule has 0 amide bonds. The molecule has 130 valence electrons. The van der Waals surface area contributed by atoms with Gasteiger partial charge in [-0.3, -0.25) is 9.55 Å². The molecule has 0 aromatic carbocycles. The van der Waals surface area contributed by atoms with Crippen LogP contribution in [0.25, 0.3) is 11.2 Å². The van der Waals surface area contributed by atoms with Crippen LogP contribution in [0.15, 0.2) is 24.5 Å². The largest absolute Gasteiger partial charge is 0.473 e. The number of anilines is 1. The van der Waals surface area contributed by atoms with E-state index >= 15 is 0 Å². The molecule has 3 aromatic heterocycles. The monoisotopic (exact) mass is 338 g/mol. The number of aryl methyl sites for hydroxylation is 3. The summed E-state index contributed by atoms with van der Waals surface area (Å²) in [5.74, 6) is 1.63. The van der Waals surface area contributed by atoms with E-state index in [4.69, 9.17) is 9.72 Å². The number of hydrogen-bond acceptors (Lipinski definition) is 6. The van der Waals surface area contributed by atoms with E-state index in [9.17, 15) is 0 Å².